The van der Waals surface area contributed by atoms with E-state index in [-0.39, 0.29) is 44.5 Å². The van der Waals surface area contributed by atoms with Crippen LogP contribution in [0.5, 0.6) is 0 Å². The number of ether oxygens (including phenoxy) is 2. The first-order valence-corrected chi connectivity index (χ1v) is 8.27. The highest BCUT2D eigenvalue weighted by Gasteiger charge is 2.23. The summed E-state index contributed by atoms with van der Waals surface area (Å²) in [6.07, 6.45) is 3.31. The van der Waals surface area contributed by atoms with Crippen LogP contribution in [0.1, 0.15) is 19.8 Å². The normalized spacial score (nSPS) is 13.4. The highest BCUT2D eigenvalue weighted by molar-refractivity contribution is 6.13. The average Bonchev–Trinajstić information content (AvgIpc) is 2.91. The SMILES string of the molecule is CCCOCCOCC(=O)NCCNC(=O)CCN1C(=O)C=CC1=O. The lowest BCUT2D eigenvalue weighted by Crippen LogP contribution is -2.38. The fourth-order valence-corrected chi connectivity index (χ4v) is 1.94. The second kappa shape index (κ2) is 12.2. The van der Waals surface area contributed by atoms with Crippen molar-refractivity contribution in [3.8, 4) is 0 Å². The van der Waals surface area contributed by atoms with Crippen LogP contribution in [0, 0.1) is 0 Å². The van der Waals surface area contributed by atoms with Crippen molar-refractivity contribution in [2.45, 2.75) is 19.8 Å². The van der Waals surface area contributed by atoms with Gasteiger partial charge in [-0.3, -0.25) is 24.1 Å². The van der Waals surface area contributed by atoms with Gasteiger partial charge in [-0.15, -0.1) is 0 Å². The molecule has 9 heteroatoms. The third-order valence-electron chi connectivity index (χ3n) is 3.19. The lowest BCUT2D eigenvalue weighted by molar-refractivity contribution is -0.137. The molecule has 0 fully saturated rings. The maximum absolute atomic E-state index is 11.6. The molecule has 2 N–H and O–H groups in total. The van der Waals surface area contributed by atoms with E-state index >= 15 is 0 Å². The van der Waals surface area contributed by atoms with Gasteiger partial charge in [-0.2, -0.15) is 0 Å². The van der Waals surface area contributed by atoms with Crippen LogP contribution in [0.25, 0.3) is 0 Å². The number of rotatable bonds is 13. The number of hydrogen-bond acceptors (Lipinski definition) is 6. The summed E-state index contributed by atoms with van der Waals surface area (Å²) in [7, 11) is 0. The van der Waals surface area contributed by atoms with Gasteiger partial charge in [0.1, 0.15) is 6.61 Å². The van der Waals surface area contributed by atoms with Gasteiger partial charge in [0.2, 0.25) is 11.8 Å². The summed E-state index contributed by atoms with van der Waals surface area (Å²) in [6.45, 7) is 3.99. The van der Waals surface area contributed by atoms with Gasteiger partial charge in [0.25, 0.3) is 11.8 Å². The van der Waals surface area contributed by atoms with E-state index in [2.05, 4.69) is 10.6 Å². The molecule has 0 saturated heterocycles. The molecule has 1 heterocycles. The van der Waals surface area contributed by atoms with Crippen molar-refractivity contribution < 1.29 is 28.7 Å². The van der Waals surface area contributed by atoms with Crippen LogP contribution in [0.2, 0.25) is 0 Å². The number of nitrogens with zero attached hydrogens (tertiary/aromatic N) is 1. The van der Waals surface area contributed by atoms with Crippen LogP contribution < -0.4 is 10.6 Å². The number of amides is 4. The minimum atomic E-state index is -0.412. The average molecular weight is 355 g/mol. The lowest BCUT2D eigenvalue weighted by atomic mass is 10.3. The molecule has 1 aliphatic heterocycles. The predicted molar refractivity (Wildman–Crippen MR) is 88.4 cm³/mol. The molecule has 1 rings (SSSR count). The largest absolute Gasteiger partial charge is 0.379 e. The predicted octanol–water partition coefficient (Wildman–Crippen LogP) is -1.02. The van der Waals surface area contributed by atoms with Crippen LogP contribution in [0.4, 0.5) is 0 Å². The van der Waals surface area contributed by atoms with Crippen molar-refractivity contribution >= 4 is 23.6 Å². The quantitative estimate of drug-likeness (QED) is 0.323. The fourth-order valence-electron chi connectivity index (χ4n) is 1.94. The molecule has 0 saturated carbocycles. The first-order chi connectivity index (χ1) is 12.0. The second-order valence-electron chi connectivity index (χ2n) is 5.28. The summed E-state index contributed by atoms with van der Waals surface area (Å²) in [4.78, 5) is 46.7. The van der Waals surface area contributed by atoms with Gasteiger partial charge in [-0.1, -0.05) is 6.92 Å². The minimum absolute atomic E-state index is 0.0218. The monoisotopic (exact) mass is 355 g/mol. The summed E-state index contributed by atoms with van der Waals surface area (Å²) in [6, 6.07) is 0. The maximum atomic E-state index is 11.6. The van der Waals surface area contributed by atoms with Crippen LogP contribution in [-0.2, 0) is 28.7 Å². The Morgan fingerprint density at radius 2 is 1.56 bits per heavy atom. The van der Waals surface area contributed by atoms with Crippen LogP contribution in [0.15, 0.2) is 12.2 Å². The Bertz CT molecular complexity index is 488. The van der Waals surface area contributed by atoms with Gasteiger partial charge in [0, 0.05) is 44.8 Å². The number of carbonyl (C=O) groups is 4. The summed E-state index contributed by atoms with van der Waals surface area (Å²) in [5.74, 6) is -1.40. The molecule has 0 aromatic carbocycles. The molecule has 0 spiro atoms. The zero-order valence-electron chi connectivity index (χ0n) is 14.4. The van der Waals surface area contributed by atoms with E-state index in [1.54, 1.807) is 0 Å². The minimum Gasteiger partial charge on any atom is -0.379 e. The van der Waals surface area contributed by atoms with Crippen molar-refractivity contribution in [2.75, 3.05) is 46.1 Å². The van der Waals surface area contributed by atoms with Gasteiger partial charge in [-0.25, -0.2) is 0 Å². The van der Waals surface area contributed by atoms with Gasteiger partial charge in [0.15, 0.2) is 0 Å². The highest BCUT2D eigenvalue weighted by atomic mass is 16.5. The molecule has 0 aromatic rings. The van der Waals surface area contributed by atoms with Crippen molar-refractivity contribution in [3.63, 3.8) is 0 Å². The Morgan fingerprint density at radius 3 is 2.20 bits per heavy atom. The smallest absolute Gasteiger partial charge is 0.253 e. The van der Waals surface area contributed by atoms with Gasteiger partial charge in [-0.05, 0) is 6.42 Å². The summed E-state index contributed by atoms with van der Waals surface area (Å²) in [5, 5.41) is 5.20. The maximum Gasteiger partial charge on any atom is 0.253 e. The fraction of sp³-hybridized carbons (Fsp3) is 0.625. The third-order valence-corrected chi connectivity index (χ3v) is 3.19. The number of hydrogen-bond donors (Lipinski definition) is 2. The standard InChI is InChI=1S/C16H25N3O6/c1-2-9-24-10-11-25-12-14(21)18-7-6-17-13(20)5-8-19-15(22)3-4-16(19)23/h3-4H,2,5-12H2,1H3,(H,17,20)(H,18,21). The van der Waals surface area contributed by atoms with Gasteiger partial charge >= 0.3 is 0 Å². The molecule has 0 bridgehead atoms. The zero-order valence-corrected chi connectivity index (χ0v) is 14.4. The molecule has 0 unspecified atom stereocenters. The first kappa shape index (κ1) is 20.8. The molecule has 140 valence electrons. The molecule has 0 aromatic heterocycles. The van der Waals surface area contributed by atoms with Crippen LogP contribution in [-0.4, -0.2) is 74.6 Å². The van der Waals surface area contributed by atoms with E-state index in [1.807, 2.05) is 6.92 Å². The third kappa shape index (κ3) is 8.96. The van der Waals surface area contributed by atoms with Crippen LogP contribution >= 0.6 is 0 Å². The Labute approximate surface area is 146 Å². The zero-order chi connectivity index (χ0) is 18.5. The molecule has 9 nitrogen and oxygen atoms in total. The molecule has 0 aliphatic carbocycles. The van der Waals surface area contributed by atoms with Gasteiger partial charge in [0.05, 0.1) is 13.2 Å². The summed E-state index contributed by atoms with van der Waals surface area (Å²) < 4.78 is 10.3. The molecule has 4 amide bonds. The van der Waals surface area contributed by atoms with E-state index in [0.717, 1.165) is 11.3 Å². The summed E-state index contributed by atoms with van der Waals surface area (Å²) >= 11 is 0. The van der Waals surface area contributed by atoms with Crippen molar-refractivity contribution in [2.24, 2.45) is 0 Å². The molecule has 25 heavy (non-hydrogen) atoms. The first-order valence-electron chi connectivity index (χ1n) is 8.27. The van der Waals surface area contributed by atoms with Crippen molar-refractivity contribution in [1.82, 2.24) is 15.5 Å². The van der Waals surface area contributed by atoms with Gasteiger partial charge < -0.3 is 20.1 Å². The second-order valence-corrected chi connectivity index (χ2v) is 5.28. The Balaban J connectivity index is 1.97. The molecular formula is C16H25N3O6. The number of carbonyl (C=O) groups excluding carboxylic acids is 4. The van der Waals surface area contributed by atoms with E-state index < -0.39 is 11.8 Å². The molecule has 1 aliphatic rings. The molecular weight excluding hydrogens is 330 g/mol. The highest BCUT2D eigenvalue weighted by Crippen LogP contribution is 2.03. The van der Waals surface area contributed by atoms with E-state index in [1.165, 1.54) is 12.2 Å². The van der Waals surface area contributed by atoms with E-state index in [9.17, 15) is 19.2 Å². The Kier molecular flexibility index (Phi) is 10.1. The molecule has 0 atom stereocenters. The number of imide groups is 1. The number of nitrogens with one attached hydrogen (secondary N) is 2. The Morgan fingerprint density at radius 1 is 0.960 bits per heavy atom. The Hall–Kier alpha value is -2.26. The molecule has 0 radical (unpaired) electrons. The topological polar surface area (TPSA) is 114 Å². The van der Waals surface area contributed by atoms with E-state index in [0.29, 0.717) is 19.8 Å². The summed E-state index contributed by atoms with van der Waals surface area (Å²) in [5.41, 5.74) is 0. The van der Waals surface area contributed by atoms with Crippen molar-refractivity contribution in [1.29, 1.82) is 0 Å². The van der Waals surface area contributed by atoms with Crippen LogP contribution in [0.3, 0.4) is 0 Å². The lowest BCUT2D eigenvalue weighted by Gasteiger charge is -2.13. The van der Waals surface area contributed by atoms with Crippen molar-refractivity contribution in [3.05, 3.63) is 12.2 Å². The van der Waals surface area contributed by atoms with E-state index in [4.69, 9.17) is 9.47 Å².